The number of hydrogen-bond donors (Lipinski definition) is 1. The van der Waals surface area contributed by atoms with Crippen LogP contribution in [-0.4, -0.2) is 23.2 Å². The van der Waals surface area contributed by atoms with Gasteiger partial charge in [0.15, 0.2) is 0 Å². The molecule has 0 spiro atoms. The Kier molecular flexibility index (Phi) is 2.85. The van der Waals surface area contributed by atoms with Gasteiger partial charge in [0.05, 0.1) is 12.7 Å². The summed E-state index contributed by atoms with van der Waals surface area (Å²) in [6.07, 6.45) is 0. The number of carbonyl (C=O) groups is 1. The Balaban J connectivity index is 2.30. The average molecular weight is 269 g/mol. The highest BCUT2D eigenvalue weighted by molar-refractivity contribution is 6.01. The maximum atomic E-state index is 12.5. The number of aliphatic hydroxyl groups is 1. The predicted octanol–water partition coefficient (Wildman–Crippen LogP) is 2.21. The largest absolute Gasteiger partial charge is 0.361 e. The maximum absolute atomic E-state index is 12.5. The lowest BCUT2D eigenvalue weighted by Crippen LogP contribution is -2.43. The lowest BCUT2D eigenvalue weighted by atomic mass is 9.92. The topological polar surface area (TPSA) is 49.8 Å². The van der Waals surface area contributed by atoms with Gasteiger partial charge in [0.25, 0.3) is 5.91 Å². The molecule has 0 fully saturated rings. The Bertz CT molecular complexity index is 669. The number of carbonyl (C=O) groups excluding carboxylic acids is 1. The van der Waals surface area contributed by atoms with Crippen molar-refractivity contribution in [1.29, 1.82) is 0 Å². The van der Waals surface area contributed by atoms with Crippen LogP contribution >= 0.6 is 0 Å². The van der Waals surface area contributed by atoms with E-state index in [1.165, 1.54) is 7.11 Å². The summed E-state index contributed by atoms with van der Waals surface area (Å²) < 4.78 is 0. The van der Waals surface area contributed by atoms with Gasteiger partial charge in [-0.25, -0.2) is 0 Å². The molecule has 1 heterocycles. The number of rotatable bonds is 2. The van der Waals surface area contributed by atoms with Crippen molar-refractivity contribution in [3.63, 3.8) is 0 Å². The van der Waals surface area contributed by atoms with Crippen molar-refractivity contribution in [3.05, 3.63) is 70.8 Å². The second-order valence-electron chi connectivity index (χ2n) is 4.82. The van der Waals surface area contributed by atoms with E-state index in [0.717, 1.165) is 10.6 Å². The van der Waals surface area contributed by atoms with Crippen LogP contribution in [0.1, 0.15) is 27.0 Å². The third kappa shape index (κ3) is 1.52. The predicted molar refractivity (Wildman–Crippen MR) is 73.8 cm³/mol. The Labute approximate surface area is 117 Å². The Hall–Kier alpha value is -2.17. The van der Waals surface area contributed by atoms with Gasteiger partial charge in [0.2, 0.25) is 5.72 Å². The van der Waals surface area contributed by atoms with Crippen molar-refractivity contribution in [1.82, 2.24) is 5.06 Å². The second-order valence-corrected chi connectivity index (χ2v) is 4.82. The number of hydroxylamine groups is 2. The van der Waals surface area contributed by atoms with E-state index in [2.05, 4.69) is 0 Å². The molecular formula is C16H15NO3. The second kappa shape index (κ2) is 4.44. The summed E-state index contributed by atoms with van der Waals surface area (Å²) in [6, 6.07) is 14.5. The van der Waals surface area contributed by atoms with Crippen LogP contribution in [-0.2, 0) is 10.6 Å². The quantitative estimate of drug-likeness (QED) is 0.909. The number of fused-ring (bicyclic) bond motifs is 1. The third-order valence-corrected chi connectivity index (χ3v) is 3.70. The van der Waals surface area contributed by atoms with Gasteiger partial charge in [-0.1, -0.05) is 48.5 Å². The smallest absolute Gasteiger partial charge is 0.281 e. The highest BCUT2D eigenvalue weighted by Crippen LogP contribution is 2.43. The molecule has 0 aliphatic carbocycles. The van der Waals surface area contributed by atoms with Gasteiger partial charge in [0, 0.05) is 11.1 Å². The van der Waals surface area contributed by atoms with Crippen LogP contribution in [0.3, 0.4) is 0 Å². The fraction of sp³-hybridized carbons (Fsp3) is 0.188. The molecule has 4 nitrogen and oxygen atoms in total. The zero-order chi connectivity index (χ0) is 14.3. The van der Waals surface area contributed by atoms with Gasteiger partial charge in [-0.3, -0.25) is 9.63 Å². The lowest BCUT2D eigenvalue weighted by Gasteiger charge is -2.32. The summed E-state index contributed by atoms with van der Waals surface area (Å²) in [5.41, 5.74) is 0.881. The van der Waals surface area contributed by atoms with E-state index in [9.17, 15) is 9.90 Å². The number of nitrogens with zero attached hydrogens (tertiary/aromatic N) is 1. The monoisotopic (exact) mass is 269 g/mol. The van der Waals surface area contributed by atoms with Crippen LogP contribution in [0.4, 0.5) is 0 Å². The van der Waals surface area contributed by atoms with E-state index in [4.69, 9.17) is 4.84 Å². The van der Waals surface area contributed by atoms with Crippen LogP contribution < -0.4 is 0 Å². The molecule has 2 aromatic carbocycles. The molecule has 1 unspecified atom stereocenters. The molecular weight excluding hydrogens is 254 g/mol. The molecule has 0 radical (unpaired) electrons. The molecule has 4 heteroatoms. The zero-order valence-electron chi connectivity index (χ0n) is 11.3. The van der Waals surface area contributed by atoms with Gasteiger partial charge in [-0.2, -0.15) is 5.06 Å². The molecule has 0 saturated carbocycles. The van der Waals surface area contributed by atoms with E-state index in [0.29, 0.717) is 16.7 Å². The molecule has 1 atom stereocenters. The van der Waals surface area contributed by atoms with Crippen molar-refractivity contribution in [2.75, 3.05) is 7.11 Å². The molecule has 2 aromatic rings. The summed E-state index contributed by atoms with van der Waals surface area (Å²) in [7, 11) is 1.38. The van der Waals surface area contributed by atoms with E-state index < -0.39 is 5.72 Å². The van der Waals surface area contributed by atoms with Gasteiger partial charge in [-0.15, -0.1) is 0 Å². The SMILES string of the molecule is CON1C(=O)c2c(C)cccc2C1(O)c1ccccc1. The maximum Gasteiger partial charge on any atom is 0.281 e. The molecule has 102 valence electrons. The minimum atomic E-state index is -1.59. The zero-order valence-corrected chi connectivity index (χ0v) is 11.3. The summed E-state index contributed by atoms with van der Waals surface area (Å²) in [5, 5.41) is 12.2. The van der Waals surface area contributed by atoms with Crippen LogP contribution in [0.25, 0.3) is 0 Å². The molecule has 1 aliphatic heterocycles. The Morgan fingerprint density at radius 1 is 1.10 bits per heavy atom. The number of benzene rings is 2. The molecule has 0 bridgehead atoms. The summed E-state index contributed by atoms with van der Waals surface area (Å²) >= 11 is 0. The van der Waals surface area contributed by atoms with Crippen LogP contribution in [0.15, 0.2) is 48.5 Å². The van der Waals surface area contributed by atoms with E-state index >= 15 is 0 Å². The van der Waals surface area contributed by atoms with E-state index in [1.54, 1.807) is 18.2 Å². The fourth-order valence-corrected chi connectivity index (χ4v) is 2.76. The van der Waals surface area contributed by atoms with E-state index in [1.807, 2.05) is 37.3 Å². The van der Waals surface area contributed by atoms with Crippen molar-refractivity contribution in [3.8, 4) is 0 Å². The first-order valence-electron chi connectivity index (χ1n) is 6.37. The van der Waals surface area contributed by atoms with E-state index in [-0.39, 0.29) is 5.91 Å². The molecule has 20 heavy (non-hydrogen) atoms. The van der Waals surface area contributed by atoms with Crippen molar-refractivity contribution >= 4 is 5.91 Å². The third-order valence-electron chi connectivity index (χ3n) is 3.70. The van der Waals surface area contributed by atoms with Crippen molar-refractivity contribution in [2.45, 2.75) is 12.6 Å². The van der Waals surface area contributed by atoms with Crippen LogP contribution in [0.2, 0.25) is 0 Å². The highest BCUT2D eigenvalue weighted by Gasteiger charge is 2.51. The molecule has 0 saturated heterocycles. The molecule has 3 rings (SSSR count). The van der Waals surface area contributed by atoms with Gasteiger partial charge in [-0.05, 0) is 12.5 Å². The number of hydrogen-bond acceptors (Lipinski definition) is 3. The first kappa shape index (κ1) is 12.8. The average Bonchev–Trinajstić information content (AvgIpc) is 2.70. The summed E-state index contributed by atoms with van der Waals surface area (Å²) in [5.74, 6) is -0.327. The summed E-state index contributed by atoms with van der Waals surface area (Å²) in [6.45, 7) is 1.85. The Morgan fingerprint density at radius 3 is 2.45 bits per heavy atom. The van der Waals surface area contributed by atoms with Crippen molar-refractivity contribution < 1.29 is 14.7 Å². The first-order chi connectivity index (χ1) is 9.60. The van der Waals surface area contributed by atoms with Gasteiger partial charge >= 0.3 is 0 Å². The lowest BCUT2D eigenvalue weighted by molar-refractivity contribution is -0.223. The molecule has 1 N–H and O–H groups in total. The van der Waals surface area contributed by atoms with Crippen molar-refractivity contribution in [2.24, 2.45) is 0 Å². The minimum Gasteiger partial charge on any atom is -0.361 e. The normalized spacial score (nSPS) is 21.1. The molecule has 1 aliphatic rings. The van der Waals surface area contributed by atoms with Crippen LogP contribution in [0.5, 0.6) is 0 Å². The number of aryl methyl sites for hydroxylation is 1. The highest BCUT2D eigenvalue weighted by atomic mass is 16.7. The minimum absolute atomic E-state index is 0.327. The van der Waals surface area contributed by atoms with Gasteiger partial charge < -0.3 is 5.11 Å². The molecule has 0 aromatic heterocycles. The number of amides is 1. The standard InChI is InChI=1S/C16H15NO3/c1-11-7-6-10-13-14(11)15(18)17(20-2)16(13,19)12-8-4-3-5-9-12/h3-10,19H,1-2H3. The first-order valence-corrected chi connectivity index (χ1v) is 6.37. The summed E-state index contributed by atoms with van der Waals surface area (Å²) in [4.78, 5) is 17.6. The Morgan fingerprint density at radius 2 is 1.80 bits per heavy atom. The van der Waals surface area contributed by atoms with Crippen LogP contribution in [0, 0.1) is 6.92 Å². The molecule has 1 amide bonds. The van der Waals surface area contributed by atoms with Gasteiger partial charge in [0.1, 0.15) is 0 Å². The fourth-order valence-electron chi connectivity index (χ4n) is 2.76.